The van der Waals surface area contributed by atoms with Gasteiger partial charge in [-0.05, 0) is 18.6 Å². The van der Waals surface area contributed by atoms with Crippen molar-refractivity contribution in [1.29, 1.82) is 0 Å². The third-order valence-corrected chi connectivity index (χ3v) is 5.81. The molecular weight excluding hydrogens is 386 g/mol. The maximum absolute atomic E-state index is 12.3. The minimum Gasteiger partial charge on any atom is -0.283 e. The molecule has 1 atom stereocenters. The van der Waals surface area contributed by atoms with Gasteiger partial charge in [0.05, 0.1) is 30.0 Å². The highest BCUT2D eigenvalue weighted by molar-refractivity contribution is 7.92. The molecule has 0 aromatic heterocycles. The number of aryl methyl sites for hydroxylation is 1. The highest BCUT2D eigenvalue weighted by Crippen LogP contribution is 2.36. The number of hydrogen-bond acceptors (Lipinski definition) is 5. The van der Waals surface area contributed by atoms with E-state index in [0.717, 1.165) is 28.1 Å². The maximum atomic E-state index is 12.3. The normalized spacial score (nSPS) is 17.7. The number of benzene rings is 2. The summed E-state index contributed by atoms with van der Waals surface area (Å²) in [5, 5.41) is 4.33. The number of nitrogens with zero attached hydrogens (tertiary/aromatic N) is 2. The predicted molar refractivity (Wildman–Crippen MR) is 107 cm³/mol. The van der Waals surface area contributed by atoms with E-state index in [1.807, 2.05) is 31.2 Å². The Morgan fingerprint density at radius 1 is 1.00 bits per heavy atom. The molecule has 0 saturated heterocycles. The van der Waals surface area contributed by atoms with Gasteiger partial charge in [0.2, 0.25) is 20.0 Å². The van der Waals surface area contributed by atoms with Crippen LogP contribution in [0.5, 0.6) is 0 Å². The van der Waals surface area contributed by atoms with Crippen molar-refractivity contribution in [3.8, 4) is 0 Å². The summed E-state index contributed by atoms with van der Waals surface area (Å²) in [6.45, 7) is 1.96. The molecular formula is C18H21N3O4S2. The lowest BCUT2D eigenvalue weighted by atomic mass is 9.98. The summed E-state index contributed by atoms with van der Waals surface area (Å²) in [5.74, 6) is 0. The topological polar surface area (TPSA) is 95.9 Å². The van der Waals surface area contributed by atoms with Crippen LogP contribution in [-0.2, 0) is 20.0 Å². The van der Waals surface area contributed by atoms with Crippen LogP contribution in [0.1, 0.15) is 29.2 Å². The van der Waals surface area contributed by atoms with Crippen molar-refractivity contribution in [2.75, 3.05) is 17.2 Å². The SMILES string of the molecule is Cc1ccc([C@@H]2CC(c3ccccc3NS(C)(=O)=O)=NN2S(C)(=O)=O)cc1. The first-order valence-corrected chi connectivity index (χ1v) is 12.0. The Morgan fingerprint density at radius 3 is 2.22 bits per heavy atom. The molecule has 0 radical (unpaired) electrons. The summed E-state index contributed by atoms with van der Waals surface area (Å²) in [6.07, 6.45) is 2.53. The largest absolute Gasteiger partial charge is 0.283 e. The van der Waals surface area contributed by atoms with Crippen LogP contribution in [0.3, 0.4) is 0 Å². The Bertz CT molecular complexity index is 1090. The van der Waals surface area contributed by atoms with E-state index in [1.165, 1.54) is 0 Å². The van der Waals surface area contributed by atoms with Gasteiger partial charge in [-0.3, -0.25) is 4.72 Å². The minimum absolute atomic E-state index is 0.346. The lowest BCUT2D eigenvalue weighted by molar-refractivity contribution is 0.375. The van der Waals surface area contributed by atoms with E-state index in [1.54, 1.807) is 24.3 Å². The zero-order valence-corrected chi connectivity index (χ0v) is 16.9. The summed E-state index contributed by atoms with van der Waals surface area (Å²) >= 11 is 0. The van der Waals surface area contributed by atoms with Crippen LogP contribution in [0.15, 0.2) is 53.6 Å². The van der Waals surface area contributed by atoms with E-state index in [4.69, 9.17) is 0 Å². The van der Waals surface area contributed by atoms with Crippen molar-refractivity contribution in [3.63, 3.8) is 0 Å². The molecule has 0 aliphatic carbocycles. The Hall–Kier alpha value is -2.39. The molecule has 2 aromatic rings. The fourth-order valence-corrected chi connectivity index (χ4v) is 4.50. The van der Waals surface area contributed by atoms with Gasteiger partial charge in [0.1, 0.15) is 0 Å². The van der Waals surface area contributed by atoms with Crippen LogP contribution in [0, 0.1) is 6.92 Å². The lowest BCUT2D eigenvalue weighted by Crippen LogP contribution is -2.25. The van der Waals surface area contributed by atoms with E-state index in [0.29, 0.717) is 23.4 Å². The van der Waals surface area contributed by atoms with Crippen LogP contribution in [0.2, 0.25) is 0 Å². The number of nitrogens with one attached hydrogen (secondary N) is 1. The second-order valence-electron chi connectivity index (χ2n) is 6.63. The first-order chi connectivity index (χ1) is 12.5. The first kappa shape index (κ1) is 19.4. The summed E-state index contributed by atoms with van der Waals surface area (Å²) < 4.78 is 51.4. The standard InChI is InChI=1S/C18H21N3O4S2/c1-13-8-10-14(11-9-13)18-12-17(19-21(18)27(3,24)25)15-6-4-5-7-16(15)20-26(2,22)23/h4-11,18,20H,12H2,1-3H3/t18-/m0/s1. The highest BCUT2D eigenvalue weighted by atomic mass is 32.2. The molecule has 0 saturated carbocycles. The monoisotopic (exact) mass is 407 g/mol. The van der Waals surface area contributed by atoms with E-state index in [-0.39, 0.29) is 0 Å². The second-order valence-corrected chi connectivity index (χ2v) is 10.2. The van der Waals surface area contributed by atoms with Crippen molar-refractivity contribution in [2.24, 2.45) is 5.10 Å². The fraction of sp³-hybridized carbons (Fsp3) is 0.278. The van der Waals surface area contributed by atoms with Gasteiger partial charge >= 0.3 is 0 Å². The number of para-hydroxylation sites is 1. The Labute approximate surface area is 159 Å². The lowest BCUT2D eigenvalue weighted by Gasteiger charge is -2.21. The Balaban J connectivity index is 2.04. The number of rotatable bonds is 5. The molecule has 144 valence electrons. The first-order valence-electron chi connectivity index (χ1n) is 8.25. The van der Waals surface area contributed by atoms with Gasteiger partial charge in [-0.25, -0.2) is 16.8 Å². The predicted octanol–water partition coefficient (Wildman–Crippen LogP) is 2.48. The van der Waals surface area contributed by atoms with Gasteiger partial charge in [-0.2, -0.15) is 9.52 Å². The fourth-order valence-electron chi connectivity index (χ4n) is 3.02. The van der Waals surface area contributed by atoms with Crippen LogP contribution in [0.25, 0.3) is 0 Å². The van der Waals surface area contributed by atoms with Crippen LogP contribution in [-0.4, -0.2) is 39.5 Å². The number of anilines is 1. The summed E-state index contributed by atoms with van der Waals surface area (Å²) in [5.41, 5.74) is 3.35. The number of sulfonamides is 2. The molecule has 1 heterocycles. The molecule has 7 nitrogen and oxygen atoms in total. The number of hydrazone groups is 1. The van der Waals surface area contributed by atoms with Crippen molar-refractivity contribution >= 4 is 31.4 Å². The number of hydrogen-bond donors (Lipinski definition) is 1. The molecule has 1 aliphatic rings. The van der Waals surface area contributed by atoms with Crippen molar-refractivity contribution in [1.82, 2.24) is 4.41 Å². The molecule has 2 aromatic carbocycles. The maximum Gasteiger partial charge on any atom is 0.247 e. The van der Waals surface area contributed by atoms with Crippen LogP contribution >= 0.6 is 0 Å². The molecule has 0 unspecified atom stereocenters. The average molecular weight is 408 g/mol. The third-order valence-electron chi connectivity index (χ3n) is 4.21. The highest BCUT2D eigenvalue weighted by Gasteiger charge is 2.35. The van der Waals surface area contributed by atoms with Gasteiger partial charge in [-0.1, -0.05) is 48.0 Å². The molecule has 1 aliphatic heterocycles. The van der Waals surface area contributed by atoms with Gasteiger partial charge in [0.15, 0.2) is 0 Å². The molecule has 27 heavy (non-hydrogen) atoms. The third kappa shape index (κ3) is 4.48. The molecule has 3 rings (SSSR count). The van der Waals surface area contributed by atoms with Crippen molar-refractivity contribution in [3.05, 3.63) is 65.2 Å². The Kier molecular flexibility index (Phi) is 5.00. The minimum atomic E-state index is -3.59. The molecule has 0 spiro atoms. The molecule has 0 bridgehead atoms. The van der Waals surface area contributed by atoms with Gasteiger partial charge < -0.3 is 0 Å². The van der Waals surface area contributed by atoms with E-state index in [2.05, 4.69) is 9.82 Å². The smallest absolute Gasteiger partial charge is 0.247 e. The summed E-state index contributed by atoms with van der Waals surface area (Å²) in [4.78, 5) is 0. The van der Waals surface area contributed by atoms with Gasteiger partial charge in [0.25, 0.3) is 0 Å². The van der Waals surface area contributed by atoms with Gasteiger partial charge in [0, 0.05) is 12.0 Å². The van der Waals surface area contributed by atoms with Crippen LogP contribution < -0.4 is 4.72 Å². The molecule has 0 amide bonds. The molecule has 9 heteroatoms. The quantitative estimate of drug-likeness (QED) is 0.824. The van der Waals surface area contributed by atoms with Crippen molar-refractivity contribution < 1.29 is 16.8 Å². The molecule has 1 N–H and O–H groups in total. The van der Waals surface area contributed by atoms with E-state index >= 15 is 0 Å². The Morgan fingerprint density at radius 2 is 1.63 bits per heavy atom. The van der Waals surface area contributed by atoms with Crippen LogP contribution in [0.4, 0.5) is 5.69 Å². The average Bonchev–Trinajstić information content (AvgIpc) is 3.00. The van der Waals surface area contributed by atoms with E-state index < -0.39 is 26.1 Å². The van der Waals surface area contributed by atoms with Gasteiger partial charge in [-0.15, -0.1) is 0 Å². The second kappa shape index (κ2) is 6.97. The summed E-state index contributed by atoms with van der Waals surface area (Å²) in [7, 11) is -7.07. The zero-order valence-electron chi connectivity index (χ0n) is 15.2. The van der Waals surface area contributed by atoms with Crippen molar-refractivity contribution in [2.45, 2.75) is 19.4 Å². The summed E-state index contributed by atoms with van der Waals surface area (Å²) in [6, 6.07) is 14.0. The zero-order chi connectivity index (χ0) is 19.8. The van der Waals surface area contributed by atoms with E-state index in [9.17, 15) is 16.8 Å². The molecule has 0 fully saturated rings.